The zero-order valence-electron chi connectivity index (χ0n) is 7.36. The molecular weight excluding hydrogens is 230 g/mol. The number of hydrogen-bond donors (Lipinski definition) is 0. The Morgan fingerprint density at radius 1 is 1.62 bits per heavy atom. The first-order valence-electron chi connectivity index (χ1n) is 4.49. The third-order valence-corrected chi connectivity index (χ3v) is 3.30. The molecule has 0 N–H and O–H groups in total. The molecule has 0 bridgehead atoms. The van der Waals surface area contributed by atoms with Crippen LogP contribution in [0.3, 0.4) is 0 Å². The van der Waals surface area contributed by atoms with Crippen molar-refractivity contribution in [3.8, 4) is 0 Å². The Morgan fingerprint density at radius 3 is 3.15 bits per heavy atom. The van der Waals surface area contributed by atoms with Gasteiger partial charge in [0, 0.05) is 24.6 Å². The Kier molecular flexibility index (Phi) is 2.78. The topological polar surface area (TPSA) is 29.0 Å². The Morgan fingerprint density at radius 2 is 2.54 bits per heavy atom. The molecule has 0 aliphatic carbocycles. The van der Waals surface area contributed by atoms with E-state index in [4.69, 9.17) is 0 Å². The lowest BCUT2D eigenvalue weighted by molar-refractivity contribution is 0.675. The monoisotopic (exact) mass is 241 g/mol. The number of nitrogens with zero attached hydrogens (tertiary/aromatic N) is 3. The lowest BCUT2D eigenvalue weighted by atomic mass is 10.2. The largest absolute Gasteiger partial charge is 0.355 e. The van der Waals surface area contributed by atoms with E-state index in [-0.39, 0.29) is 0 Å². The van der Waals surface area contributed by atoms with Crippen LogP contribution in [0.25, 0.3) is 0 Å². The highest BCUT2D eigenvalue weighted by molar-refractivity contribution is 9.09. The molecule has 1 aromatic heterocycles. The lowest BCUT2D eigenvalue weighted by Gasteiger charge is -2.15. The first kappa shape index (κ1) is 8.94. The van der Waals surface area contributed by atoms with Gasteiger partial charge in [-0.2, -0.15) is 5.10 Å². The maximum atomic E-state index is 4.09. The molecule has 3 nitrogen and oxygen atoms in total. The van der Waals surface area contributed by atoms with E-state index in [1.807, 2.05) is 12.1 Å². The fourth-order valence-electron chi connectivity index (χ4n) is 1.63. The molecule has 1 aliphatic heterocycles. The summed E-state index contributed by atoms with van der Waals surface area (Å²) in [5, 5.41) is 9.05. The highest BCUT2D eigenvalue weighted by Gasteiger charge is 2.22. The van der Waals surface area contributed by atoms with Gasteiger partial charge in [0.15, 0.2) is 5.82 Å². The normalized spacial score (nSPS) is 22.2. The second-order valence-electron chi connectivity index (χ2n) is 3.34. The Balaban J connectivity index is 2.04. The number of halogens is 1. The minimum Gasteiger partial charge on any atom is -0.355 e. The van der Waals surface area contributed by atoms with Gasteiger partial charge in [-0.15, -0.1) is 5.10 Å². The molecule has 0 radical (unpaired) electrons. The molecule has 0 spiro atoms. The van der Waals surface area contributed by atoms with Crippen LogP contribution in [0.4, 0.5) is 5.82 Å². The number of anilines is 1. The Bertz CT molecular complexity index is 265. The van der Waals surface area contributed by atoms with Gasteiger partial charge in [0.1, 0.15) is 0 Å². The van der Waals surface area contributed by atoms with Gasteiger partial charge in [0.2, 0.25) is 0 Å². The molecule has 0 aromatic carbocycles. The first-order chi connectivity index (χ1) is 6.40. The molecule has 1 aliphatic rings. The highest BCUT2D eigenvalue weighted by atomic mass is 79.9. The van der Waals surface area contributed by atoms with Crippen molar-refractivity contribution in [2.45, 2.75) is 6.42 Å². The molecule has 1 atom stereocenters. The van der Waals surface area contributed by atoms with Gasteiger partial charge < -0.3 is 4.90 Å². The van der Waals surface area contributed by atoms with Crippen molar-refractivity contribution in [2.75, 3.05) is 23.3 Å². The Hall–Kier alpha value is -0.640. The second kappa shape index (κ2) is 4.05. The summed E-state index contributed by atoms with van der Waals surface area (Å²) < 4.78 is 0. The summed E-state index contributed by atoms with van der Waals surface area (Å²) in [6.07, 6.45) is 2.96. The van der Waals surface area contributed by atoms with Gasteiger partial charge >= 0.3 is 0 Å². The number of hydrogen-bond acceptors (Lipinski definition) is 3. The van der Waals surface area contributed by atoms with E-state index in [0.717, 1.165) is 30.2 Å². The quantitative estimate of drug-likeness (QED) is 0.739. The predicted octanol–water partition coefficient (Wildman–Crippen LogP) is 1.70. The van der Waals surface area contributed by atoms with Gasteiger partial charge in [0.05, 0.1) is 0 Å². The minimum absolute atomic E-state index is 0.766. The van der Waals surface area contributed by atoms with Crippen LogP contribution in [-0.4, -0.2) is 28.6 Å². The standard InChI is InChI=1S/C9H12BrN3/c10-6-8-3-5-13(7-8)9-2-1-4-11-12-9/h1-2,4,8H,3,5-7H2. The molecule has 4 heteroatoms. The zero-order valence-corrected chi connectivity index (χ0v) is 8.94. The average Bonchev–Trinajstić information content (AvgIpc) is 2.67. The molecule has 1 aromatic rings. The smallest absolute Gasteiger partial charge is 0.151 e. The summed E-state index contributed by atoms with van der Waals surface area (Å²) in [6.45, 7) is 2.21. The molecule has 1 saturated heterocycles. The van der Waals surface area contributed by atoms with Crippen LogP contribution in [0.15, 0.2) is 18.3 Å². The van der Waals surface area contributed by atoms with Crippen LogP contribution in [-0.2, 0) is 0 Å². The summed E-state index contributed by atoms with van der Waals surface area (Å²) >= 11 is 3.51. The van der Waals surface area contributed by atoms with Crippen LogP contribution in [0, 0.1) is 5.92 Å². The number of aromatic nitrogens is 2. The van der Waals surface area contributed by atoms with Crippen LogP contribution in [0.2, 0.25) is 0 Å². The summed E-state index contributed by atoms with van der Waals surface area (Å²) in [7, 11) is 0. The fraction of sp³-hybridized carbons (Fsp3) is 0.556. The van der Waals surface area contributed by atoms with Gasteiger partial charge in [-0.05, 0) is 24.5 Å². The van der Waals surface area contributed by atoms with Crippen molar-refractivity contribution in [3.05, 3.63) is 18.3 Å². The predicted molar refractivity (Wildman–Crippen MR) is 56.1 cm³/mol. The van der Waals surface area contributed by atoms with E-state index in [0.29, 0.717) is 0 Å². The molecule has 1 fully saturated rings. The summed E-state index contributed by atoms with van der Waals surface area (Å²) in [5.74, 6) is 1.77. The highest BCUT2D eigenvalue weighted by Crippen LogP contribution is 2.22. The van der Waals surface area contributed by atoms with E-state index in [2.05, 4.69) is 31.0 Å². The van der Waals surface area contributed by atoms with Crippen molar-refractivity contribution in [3.63, 3.8) is 0 Å². The third-order valence-electron chi connectivity index (χ3n) is 2.39. The van der Waals surface area contributed by atoms with Crippen LogP contribution >= 0.6 is 15.9 Å². The van der Waals surface area contributed by atoms with E-state index in [1.165, 1.54) is 6.42 Å². The van der Waals surface area contributed by atoms with Crippen molar-refractivity contribution in [1.82, 2.24) is 10.2 Å². The van der Waals surface area contributed by atoms with Crippen molar-refractivity contribution >= 4 is 21.7 Å². The molecule has 2 heterocycles. The molecule has 0 saturated carbocycles. The third kappa shape index (κ3) is 1.99. The maximum Gasteiger partial charge on any atom is 0.151 e. The van der Waals surface area contributed by atoms with E-state index in [1.54, 1.807) is 6.20 Å². The molecule has 13 heavy (non-hydrogen) atoms. The van der Waals surface area contributed by atoms with Crippen molar-refractivity contribution < 1.29 is 0 Å². The van der Waals surface area contributed by atoms with Gasteiger partial charge in [-0.1, -0.05) is 15.9 Å². The lowest BCUT2D eigenvalue weighted by Crippen LogP contribution is -2.21. The average molecular weight is 242 g/mol. The molecular formula is C9H12BrN3. The molecule has 2 rings (SSSR count). The SMILES string of the molecule is BrCC1CCN(c2cccnn2)C1. The summed E-state index contributed by atoms with van der Waals surface area (Å²) in [4.78, 5) is 2.29. The zero-order chi connectivity index (χ0) is 9.10. The number of rotatable bonds is 2. The fourth-order valence-corrected chi connectivity index (χ4v) is 2.16. The van der Waals surface area contributed by atoms with E-state index in [9.17, 15) is 0 Å². The van der Waals surface area contributed by atoms with Crippen LogP contribution < -0.4 is 4.90 Å². The van der Waals surface area contributed by atoms with E-state index >= 15 is 0 Å². The number of alkyl halides is 1. The van der Waals surface area contributed by atoms with E-state index < -0.39 is 0 Å². The van der Waals surface area contributed by atoms with Gasteiger partial charge in [-0.25, -0.2) is 0 Å². The molecule has 70 valence electrons. The first-order valence-corrected chi connectivity index (χ1v) is 5.61. The summed E-state index contributed by atoms with van der Waals surface area (Å²) in [5.41, 5.74) is 0. The van der Waals surface area contributed by atoms with Gasteiger partial charge in [-0.3, -0.25) is 0 Å². The second-order valence-corrected chi connectivity index (χ2v) is 3.98. The maximum absolute atomic E-state index is 4.09. The molecule has 1 unspecified atom stereocenters. The summed E-state index contributed by atoms with van der Waals surface area (Å²) in [6, 6.07) is 3.95. The molecule has 0 amide bonds. The van der Waals surface area contributed by atoms with Crippen molar-refractivity contribution in [2.24, 2.45) is 5.92 Å². The van der Waals surface area contributed by atoms with Crippen LogP contribution in [0.1, 0.15) is 6.42 Å². The van der Waals surface area contributed by atoms with Crippen LogP contribution in [0.5, 0.6) is 0 Å². The van der Waals surface area contributed by atoms with Gasteiger partial charge in [0.25, 0.3) is 0 Å². The van der Waals surface area contributed by atoms with Crippen molar-refractivity contribution in [1.29, 1.82) is 0 Å². The Labute approximate surface area is 86.3 Å². The minimum atomic E-state index is 0.766.